The number of hydrogen-bond donors (Lipinski definition) is 2. The highest BCUT2D eigenvalue weighted by Gasteiger charge is 2.32. The molecule has 0 saturated carbocycles. The number of β-amino-alcohol motifs (C(OH)–C–C–N with tert-alkyl or cyclic N) is 1. The first-order valence-electron chi connectivity index (χ1n) is 6.93. The average Bonchev–Trinajstić information content (AvgIpc) is 2.51. The zero-order valence-corrected chi connectivity index (χ0v) is 12.2. The fraction of sp³-hybridized carbons (Fsp3) is 1.00. The van der Waals surface area contributed by atoms with Crippen LogP contribution in [0.2, 0.25) is 0 Å². The molecule has 102 valence electrons. The summed E-state index contributed by atoms with van der Waals surface area (Å²) < 4.78 is 0. The topological polar surface area (TPSA) is 35.5 Å². The lowest BCUT2D eigenvalue weighted by Gasteiger charge is -2.33. The van der Waals surface area contributed by atoms with E-state index in [-0.39, 0.29) is 0 Å². The summed E-state index contributed by atoms with van der Waals surface area (Å²) >= 11 is 0. The maximum atomic E-state index is 9.94. The van der Waals surface area contributed by atoms with E-state index in [2.05, 4.69) is 37.9 Å². The molecule has 1 rings (SSSR count). The third-order valence-corrected chi connectivity index (χ3v) is 3.76. The van der Waals surface area contributed by atoms with Crippen molar-refractivity contribution in [3.8, 4) is 0 Å². The van der Waals surface area contributed by atoms with Crippen molar-refractivity contribution in [3.63, 3.8) is 0 Å². The summed E-state index contributed by atoms with van der Waals surface area (Å²) in [7, 11) is 0. The van der Waals surface area contributed by atoms with Gasteiger partial charge in [-0.25, -0.2) is 0 Å². The van der Waals surface area contributed by atoms with E-state index < -0.39 is 5.60 Å². The number of nitrogens with one attached hydrogen (secondary N) is 1. The van der Waals surface area contributed by atoms with Gasteiger partial charge in [0.05, 0.1) is 5.60 Å². The molecule has 0 aromatic carbocycles. The highest BCUT2D eigenvalue weighted by atomic mass is 16.3. The van der Waals surface area contributed by atoms with Crippen LogP contribution in [0.4, 0.5) is 0 Å². The van der Waals surface area contributed by atoms with E-state index in [0.717, 1.165) is 39.0 Å². The first-order valence-corrected chi connectivity index (χ1v) is 6.93. The summed E-state index contributed by atoms with van der Waals surface area (Å²) in [4.78, 5) is 2.38. The molecule has 17 heavy (non-hydrogen) atoms. The molecule has 1 heterocycles. The number of rotatable bonds is 5. The normalized spacial score (nSPS) is 28.6. The van der Waals surface area contributed by atoms with Gasteiger partial charge in [-0.2, -0.15) is 0 Å². The second-order valence-electron chi connectivity index (χ2n) is 6.79. The molecule has 2 atom stereocenters. The summed E-state index contributed by atoms with van der Waals surface area (Å²) in [5.41, 5.74) is -0.159. The quantitative estimate of drug-likeness (QED) is 0.772. The molecule has 1 saturated heterocycles. The third kappa shape index (κ3) is 4.94. The monoisotopic (exact) mass is 242 g/mol. The minimum atomic E-state index is -0.463. The summed E-state index contributed by atoms with van der Waals surface area (Å²) in [6.07, 6.45) is 2.07. The van der Waals surface area contributed by atoms with Gasteiger partial charge in [0, 0.05) is 19.1 Å². The van der Waals surface area contributed by atoms with Crippen molar-refractivity contribution in [2.24, 2.45) is 5.41 Å². The third-order valence-electron chi connectivity index (χ3n) is 3.76. The maximum absolute atomic E-state index is 9.94. The fourth-order valence-electron chi connectivity index (χ4n) is 2.63. The molecule has 0 radical (unpaired) electrons. The molecule has 1 aliphatic heterocycles. The van der Waals surface area contributed by atoms with Gasteiger partial charge in [0.15, 0.2) is 0 Å². The van der Waals surface area contributed by atoms with Crippen LogP contribution in [0.3, 0.4) is 0 Å². The van der Waals surface area contributed by atoms with Gasteiger partial charge >= 0.3 is 0 Å². The van der Waals surface area contributed by atoms with Crippen molar-refractivity contribution in [2.45, 2.75) is 59.1 Å². The van der Waals surface area contributed by atoms with Crippen LogP contribution in [-0.4, -0.2) is 47.8 Å². The molecule has 0 aliphatic carbocycles. The second-order valence-corrected chi connectivity index (χ2v) is 6.79. The summed E-state index contributed by atoms with van der Waals surface area (Å²) in [5, 5.41) is 13.5. The van der Waals surface area contributed by atoms with E-state index in [1.807, 2.05) is 6.92 Å². The van der Waals surface area contributed by atoms with Crippen molar-refractivity contribution in [2.75, 3.05) is 26.2 Å². The lowest BCUT2D eigenvalue weighted by atomic mass is 9.84. The molecule has 3 nitrogen and oxygen atoms in total. The van der Waals surface area contributed by atoms with Crippen molar-refractivity contribution in [1.82, 2.24) is 10.2 Å². The van der Waals surface area contributed by atoms with Crippen molar-refractivity contribution < 1.29 is 5.11 Å². The molecule has 0 bridgehead atoms. The van der Waals surface area contributed by atoms with E-state index in [9.17, 15) is 5.11 Å². The van der Waals surface area contributed by atoms with E-state index in [0.29, 0.717) is 11.5 Å². The number of likely N-dealkylation sites (tertiary alicyclic amines) is 1. The van der Waals surface area contributed by atoms with Gasteiger partial charge in [-0.15, -0.1) is 0 Å². The first-order chi connectivity index (χ1) is 7.74. The van der Waals surface area contributed by atoms with Crippen molar-refractivity contribution in [3.05, 3.63) is 0 Å². The Bertz CT molecular complexity index is 233. The predicted molar refractivity (Wildman–Crippen MR) is 73.2 cm³/mol. The Labute approximate surface area is 107 Å². The predicted octanol–water partition coefficient (Wildman–Crippen LogP) is 1.86. The first kappa shape index (κ1) is 14.9. The minimum Gasteiger partial charge on any atom is -0.389 e. The van der Waals surface area contributed by atoms with Crippen LogP contribution < -0.4 is 5.32 Å². The van der Waals surface area contributed by atoms with Gasteiger partial charge in [0.1, 0.15) is 0 Å². The Morgan fingerprint density at radius 3 is 2.47 bits per heavy atom. The molecule has 1 fully saturated rings. The smallest absolute Gasteiger partial charge is 0.0758 e. The lowest BCUT2D eigenvalue weighted by Crippen LogP contribution is -2.43. The molecular formula is C14H30N2O. The molecule has 0 spiro atoms. The molecule has 0 amide bonds. The zero-order chi connectivity index (χ0) is 13.1. The Morgan fingerprint density at radius 2 is 2.06 bits per heavy atom. The lowest BCUT2D eigenvalue weighted by molar-refractivity contribution is 0.0676. The standard InChI is InChI=1S/C14H30N2O/c1-6-15-12(13(2,3)4)7-9-16-10-8-14(5,17)11-16/h12,15,17H,6-11H2,1-5H3. The zero-order valence-electron chi connectivity index (χ0n) is 12.2. The largest absolute Gasteiger partial charge is 0.389 e. The van der Waals surface area contributed by atoms with Crippen LogP contribution in [0, 0.1) is 5.41 Å². The highest BCUT2D eigenvalue weighted by molar-refractivity contribution is 4.88. The van der Waals surface area contributed by atoms with Crippen LogP contribution in [0.5, 0.6) is 0 Å². The van der Waals surface area contributed by atoms with E-state index in [4.69, 9.17) is 0 Å². The average molecular weight is 242 g/mol. The van der Waals surface area contributed by atoms with E-state index in [1.54, 1.807) is 0 Å². The number of hydrogen-bond acceptors (Lipinski definition) is 3. The van der Waals surface area contributed by atoms with Crippen molar-refractivity contribution in [1.29, 1.82) is 0 Å². The molecule has 1 aliphatic rings. The molecule has 2 N–H and O–H groups in total. The molecular weight excluding hydrogens is 212 g/mol. The Morgan fingerprint density at radius 1 is 1.41 bits per heavy atom. The van der Waals surface area contributed by atoms with Crippen LogP contribution >= 0.6 is 0 Å². The number of nitrogens with zero attached hydrogens (tertiary/aromatic N) is 1. The SMILES string of the molecule is CCNC(CCN1CCC(C)(O)C1)C(C)(C)C. The second kappa shape index (κ2) is 5.68. The van der Waals surface area contributed by atoms with E-state index in [1.165, 1.54) is 0 Å². The highest BCUT2D eigenvalue weighted by Crippen LogP contribution is 2.24. The summed E-state index contributed by atoms with van der Waals surface area (Å²) in [5.74, 6) is 0. The van der Waals surface area contributed by atoms with Crippen LogP contribution in [0.15, 0.2) is 0 Å². The minimum absolute atomic E-state index is 0.304. The van der Waals surface area contributed by atoms with Gasteiger partial charge in [0.2, 0.25) is 0 Å². The van der Waals surface area contributed by atoms with Crippen LogP contribution in [0.25, 0.3) is 0 Å². The van der Waals surface area contributed by atoms with Gasteiger partial charge in [-0.3, -0.25) is 0 Å². The molecule has 0 aromatic heterocycles. The summed E-state index contributed by atoms with van der Waals surface area (Å²) in [6, 6.07) is 0.554. The maximum Gasteiger partial charge on any atom is 0.0758 e. The van der Waals surface area contributed by atoms with Gasteiger partial charge < -0.3 is 15.3 Å². The van der Waals surface area contributed by atoms with Crippen molar-refractivity contribution >= 4 is 0 Å². The molecule has 0 aromatic rings. The van der Waals surface area contributed by atoms with Gasteiger partial charge in [-0.1, -0.05) is 27.7 Å². The van der Waals surface area contributed by atoms with Gasteiger partial charge in [-0.05, 0) is 38.3 Å². The van der Waals surface area contributed by atoms with E-state index >= 15 is 0 Å². The molecule has 2 unspecified atom stereocenters. The Kier molecular flexibility index (Phi) is 4.99. The fourth-order valence-corrected chi connectivity index (χ4v) is 2.63. The summed E-state index contributed by atoms with van der Waals surface area (Å²) in [6.45, 7) is 15.0. The molecule has 3 heteroatoms. The number of aliphatic hydroxyl groups is 1. The Hall–Kier alpha value is -0.120. The van der Waals surface area contributed by atoms with Crippen LogP contribution in [0.1, 0.15) is 47.5 Å². The van der Waals surface area contributed by atoms with Crippen LogP contribution in [-0.2, 0) is 0 Å². The van der Waals surface area contributed by atoms with Gasteiger partial charge in [0.25, 0.3) is 0 Å². The Balaban J connectivity index is 2.37.